The molecule has 5 nitrogen and oxygen atoms in total. The van der Waals surface area contributed by atoms with E-state index in [-0.39, 0.29) is 5.91 Å². The third-order valence-electron chi connectivity index (χ3n) is 4.45. The molecule has 1 aliphatic heterocycles. The topological polar surface area (TPSA) is 58.1 Å². The fourth-order valence-corrected chi connectivity index (χ4v) is 3.33. The van der Waals surface area contributed by atoms with E-state index in [1.165, 1.54) is 12.8 Å². The highest BCUT2D eigenvalue weighted by Crippen LogP contribution is 2.20. The number of hydrogen-bond acceptors (Lipinski definition) is 4. The first-order valence-electron chi connectivity index (χ1n) is 8.73. The minimum absolute atomic E-state index is 0.201. The van der Waals surface area contributed by atoms with Crippen molar-refractivity contribution in [2.75, 3.05) is 24.5 Å². The van der Waals surface area contributed by atoms with E-state index in [1.54, 1.807) is 6.07 Å². The molecule has 132 valence electrons. The van der Waals surface area contributed by atoms with Gasteiger partial charge < -0.3 is 10.2 Å². The minimum Gasteiger partial charge on any atom is -0.355 e. The molecule has 0 radical (unpaired) electrons. The predicted octanol–water partition coefficient (Wildman–Crippen LogP) is 3.34. The van der Waals surface area contributed by atoms with Crippen LogP contribution in [-0.2, 0) is 6.42 Å². The summed E-state index contributed by atoms with van der Waals surface area (Å²) < 4.78 is 0. The Labute approximate surface area is 153 Å². The molecule has 2 aromatic rings. The number of piperidine rings is 1. The zero-order valence-corrected chi connectivity index (χ0v) is 15.2. The number of halogens is 1. The van der Waals surface area contributed by atoms with Crippen molar-refractivity contribution in [3.8, 4) is 0 Å². The Kier molecular flexibility index (Phi) is 5.87. The summed E-state index contributed by atoms with van der Waals surface area (Å²) in [4.78, 5) is 14.4. The van der Waals surface area contributed by atoms with E-state index in [4.69, 9.17) is 11.6 Å². The Morgan fingerprint density at radius 3 is 2.92 bits per heavy atom. The monoisotopic (exact) mass is 358 g/mol. The molecular weight excluding hydrogens is 336 g/mol. The molecule has 3 rings (SSSR count). The molecule has 1 aliphatic rings. The summed E-state index contributed by atoms with van der Waals surface area (Å²) in [6, 6.07) is 11.3. The summed E-state index contributed by atoms with van der Waals surface area (Å²) in [7, 11) is 0. The average Bonchev–Trinajstić information content (AvgIpc) is 2.62. The highest BCUT2D eigenvalue weighted by molar-refractivity contribution is 6.30. The fraction of sp³-hybridized carbons (Fsp3) is 0.421. The van der Waals surface area contributed by atoms with Gasteiger partial charge in [-0.3, -0.25) is 4.79 Å². The molecule has 1 unspecified atom stereocenters. The number of carbonyl (C=O) groups is 1. The average molecular weight is 359 g/mol. The van der Waals surface area contributed by atoms with Crippen LogP contribution in [0.5, 0.6) is 0 Å². The third-order valence-corrected chi connectivity index (χ3v) is 4.69. The molecule has 25 heavy (non-hydrogen) atoms. The van der Waals surface area contributed by atoms with Crippen molar-refractivity contribution in [2.24, 2.45) is 5.92 Å². The van der Waals surface area contributed by atoms with Gasteiger partial charge in [-0.25, -0.2) is 0 Å². The van der Waals surface area contributed by atoms with Crippen LogP contribution in [0.15, 0.2) is 36.4 Å². The molecule has 1 fully saturated rings. The van der Waals surface area contributed by atoms with Crippen molar-refractivity contribution in [3.63, 3.8) is 0 Å². The van der Waals surface area contributed by atoms with E-state index < -0.39 is 0 Å². The Bertz CT molecular complexity index is 720. The number of anilines is 1. The molecule has 2 heterocycles. The van der Waals surface area contributed by atoms with E-state index in [0.29, 0.717) is 23.2 Å². The van der Waals surface area contributed by atoms with Crippen LogP contribution >= 0.6 is 11.6 Å². The highest BCUT2D eigenvalue weighted by atomic mass is 35.5. The van der Waals surface area contributed by atoms with Gasteiger partial charge in [0.25, 0.3) is 5.91 Å². The molecular formula is C19H23ClN4O. The van der Waals surface area contributed by atoms with E-state index in [2.05, 4.69) is 27.3 Å². The van der Waals surface area contributed by atoms with Crippen LogP contribution in [0.1, 0.15) is 35.8 Å². The second-order valence-corrected chi connectivity index (χ2v) is 7.04. The maximum Gasteiger partial charge on any atom is 0.271 e. The normalized spacial score (nSPS) is 17.4. The zero-order valence-electron chi connectivity index (χ0n) is 14.4. The van der Waals surface area contributed by atoms with Crippen molar-refractivity contribution < 1.29 is 4.79 Å². The molecule has 1 saturated heterocycles. The van der Waals surface area contributed by atoms with Crippen LogP contribution in [0.3, 0.4) is 0 Å². The predicted molar refractivity (Wildman–Crippen MR) is 100 cm³/mol. The SMILES string of the molecule is CC1CCCN(c2ccc(C(=O)NCCc3cccc(Cl)c3)nn2)C1. The standard InChI is InChI=1S/C19H23ClN4O/c1-14-4-3-11-24(13-14)18-8-7-17(22-23-18)19(25)21-10-9-15-5-2-6-16(20)12-15/h2,5-8,12,14H,3-4,9-11,13H2,1H3,(H,21,25). The van der Waals surface area contributed by atoms with Gasteiger partial charge in [-0.05, 0) is 55.0 Å². The molecule has 1 atom stereocenters. The number of benzene rings is 1. The molecule has 0 bridgehead atoms. The van der Waals surface area contributed by atoms with E-state index in [1.807, 2.05) is 30.3 Å². The number of rotatable bonds is 5. The van der Waals surface area contributed by atoms with Gasteiger partial charge in [0.1, 0.15) is 0 Å². The summed E-state index contributed by atoms with van der Waals surface area (Å²) in [5, 5.41) is 11.9. The first kappa shape index (κ1) is 17.7. The molecule has 0 aliphatic carbocycles. The molecule has 6 heteroatoms. The fourth-order valence-electron chi connectivity index (χ4n) is 3.12. The smallest absolute Gasteiger partial charge is 0.271 e. The Hall–Kier alpha value is -2.14. The second-order valence-electron chi connectivity index (χ2n) is 6.61. The van der Waals surface area contributed by atoms with Gasteiger partial charge in [0.15, 0.2) is 11.5 Å². The van der Waals surface area contributed by atoms with Crippen LogP contribution < -0.4 is 10.2 Å². The number of carbonyl (C=O) groups excluding carboxylic acids is 1. The summed E-state index contributed by atoms with van der Waals surface area (Å²) in [5.41, 5.74) is 1.44. The quantitative estimate of drug-likeness (QED) is 0.890. The number of amides is 1. The van der Waals surface area contributed by atoms with Gasteiger partial charge in [-0.1, -0.05) is 30.7 Å². The van der Waals surface area contributed by atoms with Gasteiger partial charge >= 0.3 is 0 Å². The first-order valence-corrected chi connectivity index (χ1v) is 9.11. The van der Waals surface area contributed by atoms with Crippen molar-refractivity contribution >= 4 is 23.3 Å². The lowest BCUT2D eigenvalue weighted by molar-refractivity contribution is 0.0948. The largest absolute Gasteiger partial charge is 0.355 e. The Morgan fingerprint density at radius 2 is 2.20 bits per heavy atom. The van der Waals surface area contributed by atoms with Gasteiger partial charge in [0.05, 0.1) is 0 Å². The Balaban J connectivity index is 1.52. The summed E-state index contributed by atoms with van der Waals surface area (Å²) in [6.07, 6.45) is 3.16. The van der Waals surface area contributed by atoms with Gasteiger partial charge in [-0.15, -0.1) is 10.2 Å². The van der Waals surface area contributed by atoms with E-state index in [9.17, 15) is 4.79 Å². The molecule has 0 saturated carbocycles. The summed E-state index contributed by atoms with van der Waals surface area (Å²) >= 11 is 5.96. The van der Waals surface area contributed by atoms with Crippen LogP contribution in [0.25, 0.3) is 0 Å². The van der Waals surface area contributed by atoms with Crippen LogP contribution in [0, 0.1) is 5.92 Å². The maximum atomic E-state index is 12.2. The number of hydrogen-bond donors (Lipinski definition) is 1. The summed E-state index contributed by atoms with van der Waals surface area (Å²) in [6.45, 7) is 4.79. The third kappa shape index (κ3) is 4.92. The van der Waals surface area contributed by atoms with Crippen molar-refractivity contribution in [1.29, 1.82) is 0 Å². The highest BCUT2D eigenvalue weighted by Gasteiger charge is 2.18. The minimum atomic E-state index is -0.201. The summed E-state index contributed by atoms with van der Waals surface area (Å²) in [5.74, 6) is 1.32. The van der Waals surface area contributed by atoms with Crippen molar-refractivity contribution in [3.05, 3.63) is 52.7 Å². The molecule has 1 aromatic heterocycles. The maximum absolute atomic E-state index is 12.2. The van der Waals surface area contributed by atoms with Crippen molar-refractivity contribution in [2.45, 2.75) is 26.2 Å². The van der Waals surface area contributed by atoms with E-state index >= 15 is 0 Å². The van der Waals surface area contributed by atoms with E-state index in [0.717, 1.165) is 30.9 Å². The number of nitrogens with zero attached hydrogens (tertiary/aromatic N) is 3. The number of nitrogens with one attached hydrogen (secondary N) is 1. The lowest BCUT2D eigenvalue weighted by Gasteiger charge is -2.31. The molecule has 1 amide bonds. The molecule has 1 aromatic carbocycles. The van der Waals surface area contributed by atoms with Gasteiger partial charge in [0.2, 0.25) is 0 Å². The molecule has 1 N–H and O–H groups in total. The number of aromatic nitrogens is 2. The van der Waals surface area contributed by atoms with Gasteiger partial charge in [0, 0.05) is 24.7 Å². The molecule has 0 spiro atoms. The van der Waals surface area contributed by atoms with Crippen LogP contribution in [-0.4, -0.2) is 35.7 Å². The Morgan fingerprint density at radius 1 is 1.32 bits per heavy atom. The zero-order chi connectivity index (χ0) is 17.6. The van der Waals surface area contributed by atoms with Gasteiger partial charge in [-0.2, -0.15) is 0 Å². The second kappa shape index (κ2) is 8.30. The lowest BCUT2D eigenvalue weighted by atomic mass is 10.0. The lowest BCUT2D eigenvalue weighted by Crippen LogP contribution is -2.35. The van der Waals surface area contributed by atoms with Crippen LogP contribution in [0.4, 0.5) is 5.82 Å². The van der Waals surface area contributed by atoms with Crippen molar-refractivity contribution in [1.82, 2.24) is 15.5 Å². The van der Waals surface area contributed by atoms with Crippen LogP contribution in [0.2, 0.25) is 5.02 Å². The first-order chi connectivity index (χ1) is 12.1.